The van der Waals surface area contributed by atoms with Crippen LogP contribution in [0.3, 0.4) is 0 Å². The predicted molar refractivity (Wildman–Crippen MR) is 84.5 cm³/mol. The summed E-state index contributed by atoms with van der Waals surface area (Å²) < 4.78 is 5.63. The van der Waals surface area contributed by atoms with Crippen molar-refractivity contribution in [3.8, 4) is 5.75 Å². The van der Waals surface area contributed by atoms with Gasteiger partial charge < -0.3 is 15.0 Å². The average molecular weight is 304 g/mol. The van der Waals surface area contributed by atoms with Gasteiger partial charge in [0.05, 0.1) is 6.61 Å². The number of hydrogen-bond donors (Lipinski definition) is 1. The minimum atomic E-state index is -0.310. The van der Waals surface area contributed by atoms with Crippen LogP contribution in [0, 0.1) is 5.92 Å². The van der Waals surface area contributed by atoms with Crippen LogP contribution in [0.1, 0.15) is 26.2 Å². The van der Waals surface area contributed by atoms with Crippen LogP contribution >= 0.6 is 0 Å². The van der Waals surface area contributed by atoms with Gasteiger partial charge in [0.15, 0.2) is 0 Å². The highest BCUT2D eigenvalue weighted by atomic mass is 16.5. The number of nitrogens with zero attached hydrogens (tertiary/aromatic N) is 1. The van der Waals surface area contributed by atoms with Gasteiger partial charge >= 0.3 is 0 Å². The van der Waals surface area contributed by atoms with E-state index in [0.29, 0.717) is 19.6 Å². The summed E-state index contributed by atoms with van der Waals surface area (Å²) in [5.74, 6) is 0.641. The van der Waals surface area contributed by atoms with E-state index in [1.54, 1.807) is 11.9 Å². The molecule has 0 aliphatic carbocycles. The Labute approximate surface area is 131 Å². The molecule has 2 amide bonds. The first-order valence-corrected chi connectivity index (χ1v) is 7.83. The molecular weight excluding hydrogens is 280 g/mol. The summed E-state index contributed by atoms with van der Waals surface area (Å²) in [5, 5.41) is 2.64. The first-order valence-electron chi connectivity index (χ1n) is 7.83. The van der Waals surface area contributed by atoms with Crippen LogP contribution in [-0.2, 0) is 9.59 Å². The van der Waals surface area contributed by atoms with Gasteiger partial charge in [0.2, 0.25) is 11.8 Å². The van der Waals surface area contributed by atoms with Gasteiger partial charge in [-0.2, -0.15) is 0 Å². The molecular formula is C17H24N2O3. The summed E-state index contributed by atoms with van der Waals surface area (Å²) in [6, 6.07) is 9.26. The fourth-order valence-electron chi connectivity index (χ4n) is 2.75. The van der Waals surface area contributed by atoms with Crippen LogP contribution in [0.4, 0.5) is 0 Å². The van der Waals surface area contributed by atoms with Crippen molar-refractivity contribution in [3.05, 3.63) is 30.3 Å². The molecule has 2 rings (SSSR count). The van der Waals surface area contributed by atoms with E-state index in [2.05, 4.69) is 5.32 Å². The standard InChI is InChI=1S/C17H24N2O3/c1-13(10-12-22-14-7-4-3-5-8-14)17(21)19-11-6-9-15(19)16(20)18-2/h3-5,7-8,13,15H,6,9-12H2,1-2H3,(H,18,20). The van der Waals surface area contributed by atoms with Gasteiger partial charge in [-0.05, 0) is 31.4 Å². The molecule has 1 aromatic rings. The van der Waals surface area contributed by atoms with E-state index < -0.39 is 0 Å². The molecule has 1 aromatic carbocycles. The smallest absolute Gasteiger partial charge is 0.242 e. The number of likely N-dealkylation sites (tertiary alicyclic amines) is 1. The molecule has 1 heterocycles. The number of hydrogen-bond acceptors (Lipinski definition) is 3. The number of rotatable bonds is 6. The topological polar surface area (TPSA) is 58.6 Å². The third kappa shape index (κ3) is 4.00. The molecule has 1 saturated heterocycles. The number of likely N-dealkylation sites (N-methyl/N-ethyl adjacent to an activating group) is 1. The highest BCUT2D eigenvalue weighted by molar-refractivity contribution is 5.88. The lowest BCUT2D eigenvalue weighted by molar-refractivity contribution is -0.141. The van der Waals surface area contributed by atoms with Crippen LogP contribution in [-0.4, -0.2) is 43.0 Å². The van der Waals surface area contributed by atoms with Gasteiger partial charge in [0.25, 0.3) is 0 Å². The van der Waals surface area contributed by atoms with Gasteiger partial charge in [-0.15, -0.1) is 0 Å². The van der Waals surface area contributed by atoms with Crippen LogP contribution in [0.2, 0.25) is 0 Å². The van der Waals surface area contributed by atoms with E-state index in [-0.39, 0.29) is 23.8 Å². The Morgan fingerprint density at radius 3 is 2.77 bits per heavy atom. The van der Waals surface area contributed by atoms with Crippen LogP contribution in [0.25, 0.3) is 0 Å². The fourth-order valence-corrected chi connectivity index (χ4v) is 2.75. The second-order valence-electron chi connectivity index (χ2n) is 5.66. The molecule has 0 spiro atoms. The van der Waals surface area contributed by atoms with Crippen molar-refractivity contribution < 1.29 is 14.3 Å². The first-order chi connectivity index (χ1) is 10.6. The quantitative estimate of drug-likeness (QED) is 0.872. The van der Waals surface area contributed by atoms with Gasteiger partial charge in [-0.1, -0.05) is 25.1 Å². The lowest BCUT2D eigenvalue weighted by Gasteiger charge is -2.26. The molecule has 0 aromatic heterocycles. The van der Waals surface area contributed by atoms with Crippen molar-refractivity contribution in [1.29, 1.82) is 0 Å². The summed E-state index contributed by atoms with van der Waals surface area (Å²) in [6.45, 7) is 3.06. The molecule has 1 N–H and O–H groups in total. The van der Waals surface area contributed by atoms with E-state index in [1.807, 2.05) is 37.3 Å². The summed E-state index contributed by atoms with van der Waals surface area (Å²) in [7, 11) is 1.61. The molecule has 22 heavy (non-hydrogen) atoms. The molecule has 1 aliphatic heterocycles. The minimum Gasteiger partial charge on any atom is -0.494 e. The molecule has 0 saturated carbocycles. The Morgan fingerprint density at radius 2 is 2.09 bits per heavy atom. The van der Waals surface area contributed by atoms with Crippen molar-refractivity contribution >= 4 is 11.8 Å². The van der Waals surface area contributed by atoms with Crippen molar-refractivity contribution in [2.45, 2.75) is 32.2 Å². The highest BCUT2D eigenvalue weighted by Gasteiger charge is 2.35. The van der Waals surface area contributed by atoms with Crippen LogP contribution in [0.15, 0.2) is 30.3 Å². The summed E-state index contributed by atoms with van der Waals surface area (Å²) >= 11 is 0. The monoisotopic (exact) mass is 304 g/mol. The molecule has 0 bridgehead atoms. The Hall–Kier alpha value is -2.04. The number of amides is 2. The Balaban J connectivity index is 1.82. The summed E-state index contributed by atoms with van der Waals surface area (Å²) in [6.07, 6.45) is 2.28. The van der Waals surface area contributed by atoms with Crippen molar-refractivity contribution in [2.24, 2.45) is 5.92 Å². The first kappa shape index (κ1) is 16.3. The fraction of sp³-hybridized carbons (Fsp3) is 0.529. The number of para-hydroxylation sites is 1. The van der Waals surface area contributed by atoms with E-state index >= 15 is 0 Å². The lowest BCUT2D eigenvalue weighted by atomic mass is 10.1. The minimum absolute atomic E-state index is 0.0442. The molecule has 1 fully saturated rings. The normalized spacial score (nSPS) is 18.8. The summed E-state index contributed by atoms with van der Waals surface area (Å²) in [5.41, 5.74) is 0. The molecule has 2 unspecified atom stereocenters. The Kier molecular flexibility index (Phi) is 5.81. The third-order valence-electron chi connectivity index (χ3n) is 4.07. The molecule has 120 valence electrons. The van der Waals surface area contributed by atoms with Crippen LogP contribution in [0.5, 0.6) is 5.75 Å². The largest absolute Gasteiger partial charge is 0.494 e. The van der Waals surface area contributed by atoms with Gasteiger partial charge in [0.1, 0.15) is 11.8 Å². The average Bonchev–Trinajstić information content (AvgIpc) is 3.03. The van der Waals surface area contributed by atoms with Crippen molar-refractivity contribution in [1.82, 2.24) is 10.2 Å². The van der Waals surface area contributed by atoms with E-state index in [0.717, 1.165) is 18.6 Å². The predicted octanol–water partition coefficient (Wildman–Crippen LogP) is 1.83. The van der Waals surface area contributed by atoms with E-state index in [1.165, 1.54) is 0 Å². The maximum absolute atomic E-state index is 12.5. The summed E-state index contributed by atoms with van der Waals surface area (Å²) in [4.78, 5) is 26.0. The molecule has 5 nitrogen and oxygen atoms in total. The SMILES string of the molecule is CNC(=O)C1CCCN1C(=O)C(C)CCOc1ccccc1. The number of carbonyl (C=O) groups is 2. The lowest BCUT2D eigenvalue weighted by Crippen LogP contribution is -2.46. The molecule has 0 radical (unpaired) electrons. The zero-order valence-electron chi connectivity index (χ0n) is 13.2. The highest BCUT2D eigenvalue weighted by Crippen LogP contribution is 2.21. The zero-order valence-corrected chi connectivity index (χ0v) is 13.2. The maximum Gasteiger partial charge on any atom is 0.242 e. The second-order valence-corrected chi connectivity index (χ2v) is 5.66. The molecule has 2 atom stereocenters. The Morgan fingerprint density at radius 1 is 1.36 bits per heavy atom. The zero-order chi connectivity index (χ0) is 15.9. The van der Waals surface area contributed by atoms with E-state index in [4.69, 9.17) is 4.74 Å². The van der Waals surface area contributed by atoms with Crippen molar-refractivity contribution in [2.75, 3.05) is 20.2 Å². The second kappa shape index (κ2) is 7.82. The van der Waals surface area contributed by atoms with Gasteiger partial charge in [-0.25, -0.2) is 0 Å². The van der Waals surface area contributed by atoms with Crippen molar-refractivity contribution in [3.63, 3.8) is 0 Å². The molecule has 1 aliphatic rings. The third-order valence-corrected chi connectivity index (χ3v) is 4.07. The van der Waals surface area contributed by atoms with Gasteiger partial charge in [-0.3, -0.25) is 9.59 Å². The maximum atomic E-state index is 12.5. The van der Waals surface area contributed by atoms with E-state index in [9.17, 15) is 9.59 Å². The number of nitrogens with one attached hydrogen (secondary N) is 1. The number of ether oxygens (including phenoxy) is 1. The molecule has 5 heteroatoms. The van der Waals surface area contributed by atoms with Gasteiger partial charge in [0, 0.05) is 19.5 Å². The number of carbonyl (C=O) groups excluding carboxylic acids is 2. The van der Waals surface area contributed by atoms with Crippen LogP contribution < -0.4 is 10.1 Å². The Bertz CT molecular complexity index is 504. The number of benzene rings is 1.